The minimum Gasteiger partial charge on any atom is -0.374 e. The molecule has 5 heteroatoms. The summed E-state index contributed by atoms with van der Waals surface area (Å²) in [6.07, 6.45) is 19.7. The average Bonchev–Trinajstić information content (AvgIpc) is 2.70. The van der Waals surface area contributed by atoms with Gasteiger partial charge in [0.05, 0.1) is 0 Å². The van der Waals surface area contributed by atoms with Gasteiger partial charge in [0.2, 0.25) is 0 Å². The van der Waals surface area contributed by atoms with Crippen LogP contribution >= 0.6 is 12.6 Å². The zero-order valence-corrected chi connectivity index (χ0v) is 22.1. The minimum atomic E-state index is -2.53. The molecule has 0 bridgehead atoms. The van der Waals surface area contributed by atoms with Gasteiger partial charge in [-0.15, -0.1) is 0 Å². The van der Waals surface area contributed by atoms with Crippen molar-refractivity contribution in [2.75, 3.05) is 19.0 Å². The van der Waals surface area contributed by atoms with Gasteiger partial charge in [0, 0.05) is 25.4 Å². The molecule has 0 spiro atoms. The maximum Gasteiger partial charge on any atom is 0.501 e. The van der Waals surface area contributed by atoms with E-state index in [0.29, 0.717) is 13.2 Å². The maximum absolute atomic E-state index is 6.51. The molecule has 0 aromatic carbocycles. The molecule has 0 radical (unpaired) electrons. The summed E-state index contributed by atoms with van der Waals surface area (Å²) in [4.78, 5) is 0. The molecule has 0 fully saturated rings. The monoisotopic (exact) mass is 448 g/mol. The molecule has 0 saturated heterocycles. The van der Waals surface area contributed by atoms with Crippen LogP contribution in [-0.4, -0.2) is 33.9 Å². The molecular formula is C24H52O3SSi. The van der Waals surface area contributed by atoms with Crippen molar-refractivity contribution in [3.63, 3.8) is 0 Å². The second-order valence-corrected chi connectivity index (χ2v) is 11.5. The van der Waals surface area contributed by atoms with Crippen molar-refractivity contribution in [2.45, 2.75) is 136 Å². The predicted molar refractivity (Wildman–Crippen MR) is 133 cm³/mol. The number of thiol groups is 1. The van der Waals surface area contributed by atoms with Gasteiger partial charge >= 0.3 is 8.80 Å². The highest BCUT2D eigenvalue weighted by Crippen LogP contribution is 2.24. The van der Waals surface area contributed by atoms with E-state index >= 15 is 0 Å². The third-order valence-corrected chi connectivity index (χ3v) is 8.97. The van der Waals surface area contributed by atoms with Crippen molar-refractivity contribution >= 4 is 21.4 Å². The van der Waals surface area contributed by atoms with Crippen molar-refractivity contribution in [1.82, 2.24) is 0 Å². The highest BCUT2D eigenvalue weighted by atomic mass is 32.1. The van der Waals surface area contributed by atoms with E-state index in [2.05, 4.69) is 40.3 Å². The summed E-state index contributed by atoms with van der Waals surface area (Å²) in [7, 11) is -2.53. The first-order chi connectivity index (χ1) is 14.1. The Morgan fingerprint density at radius 3 is 1.66 bits per heavy atom. The normalized spacial score (nSPS) is 13.1. The Bertz CT molecular complexity index is 325. The molecule has 3 nitrogen and oxygen atoms in total. The molecule has 0 aliphatic carbocycles. The SMILES string of the molecule is CCCCCCCC[Si](OCC)(OCC)OC(C)CCCCCCCCCCS. The van der Waals surface area contributed by atoms with Crippen LogP contribution in [0.5, 0.6) is 0 Å². The summed E-state index contributed by atoms with van der Waals surface area (Å²) in [5, 5.41) is 0. The second kappa shape index (κ2) is 21.7. The zero-order chi connectivity index (χ0) is 21.6. The summed E-state index contributed by atoms with van der Waals surface area (Å²) in [6.45, 7) is 9.96. The number of rotatable bonds is 23. The summed E-state index contributed by atoms with van der Waals surface area (Å²) in [5.74, 6) is 1.03. The Labute approximate surface area is 189 Å². The van der Waals surface area contributed by atoms with Gasteiger partial charge in [0.25, 0.3) is 0 Å². The van der Waals surface area contributed by atoms with Crippen LogP contribution in [0.1, 0.15) is 124 Å². The van der Waals surface area contributed by atoms with Crippen LogP contribution in [0.25, 0.3) is 0 Å². The van der Waals surface area contributed by atoms with Crippen LogP contribution in [0.2, 0.25) is 6.04 Å². The van der Waals surface area contributed by atoms with Crippen LogP contribution in [0.4, 0.5) is 0 Å². The van der Waals surface area contributed by atoms with Gasteiger partial charge in [-0.05, 0) is 45.8 Å². The van der Waals surface area contributed by atoms with Gasteiger partial charge < -0.3 is 13.3 Å². The maximum atomic E-state index is 6.51. The van der Waals surface area contributed by atoms with E-state index in [9.17, 15) is 0 Å². The summed E-state index contributed by atoms with van der Waals surface area (Å²) in [5.41, 5.74) is 0. The summed E-state index contributed by atoms with van der Waals surface area (Å²) < 4.78 is 18.8. The first kappa shape index (κ1) is 29.4. The average molecular weight is 449 g/mol. The van der Waals surface area contributed by atoms with Crippen molar-refractivity contribution in [2.24, 2.45) is 0 Å². The molecule has 0 N–H and O–H groups in total. The predicted octanol–water partition coefficient (Wildman–Crippen LogP) is 8.20. The Morgan fingerprint density at radius 1 is 0.655 bits per heavy atom. The molecule has 0 aromatic heterocycles. The van der Waals surface area contributed by atoms with Crippen molar-refractivity contribution < 1.29 is 13.3 Å². The molecule has 176 valence electrons. The van der Waals surface area contributed by atoms with Gasteiger partial charge in [-0.3, -0.25) is 0 Å². The fraction of sp³-hybridized carbons (Fsp3) is 1.00. The lowest BCUT2D eigenvalue weighted by Crippen LogP contribution is -2.48. The fourth-order valence-corrected chi connectivity index (χ4v) is 6.99. The molecule has 1 unspecified atom stereocenters. The lowest BCUT2D eigenvalue weighted by atomic mass is 10.1. The van der Waals surface area contributed by atoms with Gasteiger partial charge in [-0.1, -0.05) is 84.0 Å². The number of hydrogen-bond donors (Lipinski definition) is 1. The lowest BCUT2D eigenvalue weighted by molar-refractivity contribution is 0.0342. The Hall–Kier alpha value is 0.447. The van der Waals surface area contributed by atoms with Crippen LogP contribution in [0, 0.1) is 0 Å². The first-order valence-corrected chi connectivity index (χ1v) is 15.3. The van der Waals surface area contributed by atoms with E-state index in [0.717, 1.165) is 24.6 Å². The standard InChI is InChI=1S/C24H52O3SSi/c1-5-8-9-10-17-20-23-29(25-6-2,26-7-3)27-24(4)21-18-15-13-11-12-14-16-19-22-28/h24,28H,5-23H2,1-4H3. The molecule has 0 aliphatic heterocycles. The highest BCUT2D eigenvalue weighted by molar-refractivity contribution is 7.80. The molecule has 1 atom stereocenters. The fourth-order valence-electron chi connectivity index (χ4n) is 3.84. The van der Waals surface area contributed by atoms with E-state index in [1.165, 1.54) is 83.5 Å². The van der Waals surface area contributed by atoms with Gasteiger partial charge in [-0.25, -0.2) is 0 Å². The molecule has 29 heavy (non-hydrogen) atoms. The third kappa shape index (κ3) is 17.8. The van der Waals surface area contributed by atoms with Crippen molar-refractivity contribution in [3.05, 3.63) is 0 Å². The van der Waals surface area contributed by atoms with Crippen LogP contribution < -0.4 is 0 Å². The minimum absolute atomic E-state index is 0.232. The largest absolute Gasteiger partial charge is 0.501 e. The molecule has 0 amide bonds. The Morgan fingerprint density at radius 2 is 1.14 bits per heavy atom. The Balaban J connectivity index is 4.13. The molecule has 0 aromatic rings. The molecular weight excluding hydrogens is 396 g/mol. The second-order valence-electron chi connectivity index (χ2n) is 8.34. The van der Waals surface area contributed by atoms with Crippen LogP contribution in [0.3, 0.4) is 0 Å². The van der Waals surface area contributed by atoms with Gasteiger partial charge in [0.15, 0.2) is 0 Å². The van der Waals surface area contributed by atoms with E-state index in [4.69, 9.17) is 13.3 Å². The van der Waals surface area contributed by atoms with E-state index in [1.807, 2.05) is 0 Å². The topological polar surface area (TPSA) is 27.7 Å². The van der Waals surface area contributed by atoms with E-state index in [-0.39, 0.29) is 6.10 Å². The third-order valence-electron chi connectivity index (χ3n) is 5.46. The van der Waals surface area contributed by atoms with E-state index in [1.54, 1.807) is 0 Å². The smallest absolute Gasteiger partial charge is 0.374 e. The summed E-state index contributed by atoms with van der Waals surface area (Å²) >= 11 is 4.28. The molecule has 0 aliphatic rings. The van der Waals surface area contributed by atoms with Gasteiger partial charge in [0.1, 0.15) is 0 Å². The lowest BCUT2D eigenvalue weighted by Gasteiger charge is -2.32. The van der Waals surface area contributed by atoms with Gasteiger partial charge in [-0.2, -0.15) is 12.6 Å². The summed E-state index contributed by atoms with van der Waals surface area (Å²) in [6, 6.07) is 0.970. The van der Waals surface area contributed by atoms with Crippen LogP contribution in [0.15, 0.2) is 0 Å². The van der Waals surface area contributed by atoms with Crippen LogP contribution in [-0.2, 0) is 13.3 Å². The highest BCUT2D eigenvalue weighted by Gasteiger charge is 2.41. The van der Waals surface area contributed by atoms with Crippen molar-refractivity contribution in [3.8, 4) is 0 Å². The van der Waals surface area contributed by atoms with Crippen molar-refractivity contribution in [1.29, 1.82) is 0 Å². The molecule has 0 heterocycles. The van der Waals surface area contributed by atoms with E-state index < -0.39 is 8.80 Å². The first-order valence-electron chi connectivity index (χ1n) is 12.7. The zero-order valence-electron chi connectivity index (χ0n) is 20.2. The quantitative estimate of drug-likeness (QED) is 0.0969. The number of unbranched alkanes of at least 4 members (excludes halogenated alkanes) is 12. The molecule has 0 saturated carbocycles. The molecule has 0 rings (SSSR count). The Kier molecular flexibility index (Phi) is 22.0. The number of hydrogen-bond acceptors (Lipinski definition) is 4.